The molecular formula is C15H13BrF3N. The lowest BCUT2D eigenvalue weighted by atomic mass is 9.98. The third-order valence-electron chi connectivity index (χ3n) is 2.90. The standard InChI is InChI=1S/C15H13BrF3N/c1-2-20-15(9-3-4-13(18)14(19)7-9)10-5-11(16)8-12(17)6-10/h3-8,15,20H,2H2,1H3. The third-order valence-corrected chi connectivity index (χ3v) is 3.36. The first-order chi connectivity index (χ1) is 9.51. The van der Waals surface area contributed by atoms with E-state index in [1.54, 1.807) is 6.07 Å². The predicted octanol–water partition coefficient (Wildman–Crippen LogP) is 4.57. The lowest BCUT2D eigenvalue weighted by Crippen LogP contribution is -2.22. The Morgan fingerprint density at radius 2 is 1.75 bits per heavy atom. The van der Waals surface area contributed by atoms with Crippen LogP contribution >= 0.6 is 15.9 Å². The van der Waals surface area contributed by atoms with Crippen molar-refractivity contribution in [1.82, 2.24) is 5.32 Å². The molecule has 0 aromatic heterocycles. The van der Waals surface area contributed by atoms with Crippen molar-refractivity contribution in [1.29, 1.82) is 0 Å². The van der Waals surface area contributed by atoms with E-state index in [1.165, 1.54) is 18.2 Å². The molecule has 0 radical (unpaired) electrons. The van der Waals surface area contributed by atoms with E-state index in [0.29, 0.717) is 22.1 Å². The van der Waals surface area contributed by atoms with Gasteiger partial charge in [-0.25, -0.2) is 13.2 Å². The molecule has 106 valence electrons. The molecular weight excluding hydrogens is 331 g/mol. The quantitative estimate of drug-likeness (QED) is 0.857. The Labute approximate surface area is 123 Å². The first-order valence-corrected chi connectivity index (χ1v) is 6.95. The summed E-state index contributed by atoms with van der Waals surface area (Å²) >= 11 is 3.23. The molecule has 0 saturated carbocycles. The van der Waals surface area contributed by atoms with Gasteiger partial charge in [0.25, 0.3) is 0 Å². The molecule has 1 N–H and O–H groups in total. The molecule has 0 bridgehead atoms. The van der Waals surface area contributed by atoms with Crippen LogP contribution in [-0.4, -0.2) is 6.54 Å². The molecule has 0 saturated heterocycles. The van der Waals surface area contributed by atoms with E-state index in [2.05, 4.69) is 21.2 Å². The number of hydrogen-bond acceptors (Lipinski definition) is 1. The van der Waals surface area contributed by atoms with Crippen LogP contribution in [0.25, 0.3) is 0 Å². The predicted molar refractivity (Wildman–Crippen MR) is 76.0 cm³/mol. The SMILES string of the molecule is CCNC(c1cc(F)cc(Br)c1)c1ccc(F)c(F)c1. The van der Waals surface area contributed by atoms with Gasteiger partial charge in [-0.1, -0.05) is 28.9 Å². The Bertz CT molecular complexity index is 596. The highest BCUT2D eigenvalue weighted by atomic mass is 79.9. The van der Waals surface area contributed by atoms with Gasteiger partial charge in [0, 0.05) is 4.47 Å². The van der Waals surface area contributed by atoms with Crippen LogP contribution in [0.1, 0.15) is 24.1 Å². The van der Waals surface area contributed by atoms with Crippen LogP contribution in [0.2, 0.25) is 0 Å². The van der Waals surface area contributed by atoms with Crippen LogP contribution in [0.4, 0.5) is 13.2 Å². The number of benzene rings is 2. The van der Waals surface area contributed by atoms with Gasteiger partial charge in [0.15, 0.2) is 11.6 Å². The largest absolute Gasteiger partial charge is 0.307 e. The van der Waals surface area contributed by atoms with Crippen molar-refractivity contribution in [3.63, 3.8) is 0 Å². The zero-order valence-corrected chi connectivity index (χ0v) is 12.3. The number of rotatable bonds is 4. The molecule has 1 unspecified atom stereocenters. The molecule has 0 aliphatic carbocycles. The smallest absolute Gasteiger partial charge is 0.159 e. The highest BCUT2D eigenvalue weighted by Crippen LogP contribution is 2.26. The summed E-state index contributed by atoms with van der Waals surface area (Å²) in [7, 11) is 0. The first kappa shape index (κ1) is 15.1. The fraction of sp³-hybridized carbons (Fsp3) is 0.200. The van der Waals surface area contributed by atoms with Gasteiger partial charge in [0.2, 0.25) is 0 Å². The first-order valence-electron chi connectivity index (χ1n) is 6.15. The van der Waals surface area contributed by atoms with Crippen molar-refractivity contribution in [2.24, 2.45) is 0 Å². The molecule has 1 atom stereocenters. The monoisotopic (exact) mass is 343 g/mol. The van der Waals surface area contributed by atoms with Crippen molar-refractivity contribution >= 4 is 15.9 Å². The number of nitrogens with one attached hydrogen (secondary N) is 1. The summed E-state index contributed by atoms with van der Waals surface area (Å²) in [4.78, 5) is 0. The maximum Gasteiger partial charge on any atom is 0.159 e. The molecule has 2 aromatic carbocycles. The normalized spacial score (nSPS) is 12.4. The molecule has 2 aromatic rings. The van der Waals surface area contributed by atoms with Gasteiger partial charge in [0.05, 0.1) is 6.04 Å². The van der Waals surface area contributed by atoms with E-state index in [1.807, 2.05) is 6.92 Å². The van der Waals surface area contributed by atoms with E-state index in [4.69, 9.17) is 0 Å². The molecule has 5 heteroatoms. The Morgan fingerprint density at radius 3 is 2.35 bits per heavy atom. The lowest BCUT2D eigenvalue weighted by Gasteiger charge is -2.19. The van der Waals surface area contributed by atoms with Gasteiger partial charge in [-0.05, 0) is 48.0 Å². The van der Waals surface area contributed by atoms with Gasteiger partial charge in [-0.15, -0.1) is 0 Å². The van der Waals surface area contributed by atoms with E-state index < -0.39 is 17.7 Å². The molecule has 0 amide bonds. The summed E-state index contributed by atoms with van der Waals surface area (Å²) in [6, 6.07) is 7.76. The average Bonchev–Trinajstić information content (AvgIpc) is 2.38. The fourth-order valence-electron chi connectivity index (χ4n) is 2.07. The summed E-state index contributed by atoms with van der Waals surface area (Å²) in [5, 5.41) is 3.14. The zero-order valence-electron chi connectivity index (χ0n) is 10.8. The van der Waals surface area contributed by atoms with Crippen molar-refractivity contribution in [3.05, 3.63) is 69.4 Å². The van der Waals surface area contributed by atoms with Crippen molar-refractivity contribution in [2.45, 2.75) is 13.0 Å². The van der Waals surface area contributed by atoms with Crippen molar-refractivity contribution in [2.75, 3.05) is 6.54 Å². The second-order valence-corrected chi connectivity index (χ2v) is 5.28. The summed E-state index contributed by atoms with van der Waals surface area (Å²) in [6.07, 6.45) is 0. The van der Waals surface area contributed by atoms with E-state index >= 15 is 0 Å². The van der Waals surface area contributed by atoms with E-state index in [-0.39, 0.29) is 5.82 Å². The molecule has 0 aliphatic heterocycles. The molecule has 2 rings (SSSR count). The van der Waals surface area contributed by atoms with Crippen molar-refractivity contribution < 1.29 is 13.2 Å². The number of hydrogen-bond donors (Lipinski definition) is 1. The Morgan fingerprint density at radius 1 is 1.00 bits per heavy atom. The maximum absolute atomic E-state index is 13.5. The topological polar surface area (TPSA) is 12.0 Å². The third kappa shape index (κ3) is 3.41. The molecule has 0 heterocycles. The molecule has 0 aliphatic rings. The molecule has 1 nitrogen and oxygen atoms in total. The van der Waals surface area contributed by atoms with Crippen LogP contribution < -0.4 is 5.32 Å². The van der Waals surface area contributed by atoms with Gasteiger partial charge in [-0.3, -0.25) is 0 Å². The highest BCUT2D eigenvalue weighted by Gasteiger charge is 2.16. The lowest BCUT2D eigenvalue weighted by molar-refractivity contribution is 0.503. The summed E-state index contributed by atoms with van der Waals surface area (Å²) in [5.74, 6) is -2.20. The fourth-order valence-corrected chi connectivity index (χ4v) is 2.55. The second kappa shape index (κ2) is 6.41. The van der Waals surface area contributed by atoms with Crippen LogP contribution in [0.5, 0.6) is 0 Å². The van der Waals surface area contributed by atoms with Gasteiger partial charge in [-0.2, -0.15) is 0 Å². The Kier molecular flexibility index (Phi) is 4.83. The zero-order chi connectivity index (χ0) is 14.7. The van der Waals surface area contributed by atoms with E-state index in [9.17, 15) is 13.2 Å². The van der Waals surface area contributed by atoms with Crippen LogP contribution in [0.3, 0.4) is 0 Å². The minimum Gasteiger partial charge on any atom is -0.307 e. The van der Waals surface area contributed by atoms with Crippen LogP contribution in [0.15, 0.2) is 40.9 Å². The van der Waals surface area contributed by atoms with Gasteiger partial charge in [0.1, 0.15) is 5.82 Å². The highest BCUT2D eigenvalue weighted by molar-refractivity contribution is 9.10. The summed E-state index contributed by atoms with van der Waals surface area (Å²) in [5.41, 5.74) is 1.19. The molecule has 0 fully saturated rings. The van der Waals surface area contributed by atoms with Crippen LogP contribution in [0, 0.1) is 17.5 Å². The minimum absolute atomic E-state index is 0.389. The van der Waals surface area contributed by atoms with Crippen molar-refractivity contribution in [3.8, 4) is 0 Å². The molecule has 0 spiro atoms. The second-order valence-electron chi connectivity index (χ2n) is 4.37. The minimum atomic E-state index is -0.916. The summed E-state index contributed by atoms with van der Waals surface area (Å²) in [6.45, 7) is 2.50. The molecule has 20 heavy (non-hydrogen) atoms. The number of halogens is 4. The van der Waals surface area contributed by atoms with Gasteiger partial charge < -0.3 is 5.32 Å². The maximum atomic E-state index is 13.5. The average molecular weight is 344 g/mol. The Balaban J connectivity index is 2.46. The summed E-state index contributed by atoms with van der Waals surface area (Å²) < 4.78 is 40.5. The van der Waals surface area contributed by atoms with Gasteiger partial charge >= 0.3 is 0 Å². The Hall–Kier alpha value is -1.33. The van der Waals surface area contributed by atoms with E-state index in [0.717, 1.165) is 12.1 Å². The van der Waals surface area contributed by atoms with Crippen LogP contribution in [-0.2, 0) is 0 Å².